The molecule has 5 nitrogen and oxygen atoms in total. The molecule has 0 saturated carbocycles. The minimum Gasteiger partial charge on any atom is -0.508 e. The first-order valence-corrected chi connectivity index (χ1v) is 8.86. The van der Waals surface area contributed by atoms with Crippen LogP contribution in [0.2, 0.25) is 0 Å². The second-order valence-corrected chi connectivity index (χ2v) is 6.75. The predicted molar refractivity (Wildman–Crippen MR) is 105 cm³/mol. The summed E-state index contributed by atoms with van der Waals surface area (Å²) >= 11 is 0. The van der Waals surface area contributed by atoms with Gasteiger partial charge in [0.05, 0.1) is 0 Å². The molecule has 0 spiro atoms. The molecule has 1 amide bonds. The Morgan fingerprint density at radius 2 is 1.85 bits per heavy atom. The normalized spacial score (nSPS) is 16.5. The lowest BCUT2D eigenvalue weighted by Crippen LogP contribution is -2.48. The third-order valence-corrected chi connectivity index (χ3v) is 5.08. The molecular formula is C20H24ClN3O2. The van der Waals surface area contributed by atoms with E-state index in [2.05, 4.69) is 28.4 Å². The number of phenolic OH excluding ortho intramolecular Hbond substituents is 1. The number of carbonyl (C=O) groups is 1. The maximum atomic E-state index is 12.6. The molecule has 0 unspecified atom stereocenters. The van der Waals surface area contributed by atoms with Crippen LogP contribution < -0.4 is 5.32 Å². The van der Waals surface area contributed by atoms with Crippen LogP contribution in [0.25, 0.3) is 0 Å². The van der Waals surface area contributed by atoms with Crippen molar-refractivity contribution >= 4 is 24.0 Å². The van der Waals surface area contributed by atoms with Crippen molar-refractivity contribution in [1.82, 2.24) is 9.80 Å². The molecule has 2 aliphatic heterocycles. The zero-order valence-electron chi connectivity index (χ0n) is 14.6. The number of phenols is 1. The van der Waals surface area contributed by atoms with E-state index in [1.165, 1.54) is 22.9 Å². The molecule has 2 heterocycles. The molecule has 2 aromatic rings. The number of fused-ring (bicyclic) bond motifs is 1. The lowest BCUT2D eigenvalue weighted by atomic mass is 10.1. The number of piperazine rings is 1. The highest BCUT2D eigenvalue weighted by atomic mass is 35.5. The van der Waals surface area contributed by atoms with Gasteiger partial charge in [0.1, 0.15) is 5.75 Å². The number of carbonyl (C=O) groups excluding carboxylic acids is 1. The standard InChI is InChI=1S/C20H23N3O2.ClH/c24-18-6-2-4-16(13-18)20(25)23-11-9-22(10-12-23)14-17-5-1-3-15-7-8-21-19(15)17;/h1-6,13,21,24H,7-12,14H2;1H. The van der Waals surface area contributed by atoms with Crippen LogP contribution in [0, 0.1) is 0 Å². The Bertz CT molecular complexity index is 788. The van der Waals surface area contributed by atoms with Crippen LogP contribution >= 0.6 is 12.4 Å². The molecule has 1 fully saturated rings. The Hall–Kier alpha value is -2.24. The van der Waals surface area contributed by atoms with Gasteiger partial charge in [0.15, 0.2) is 0 Å². The molecule has 0 aliphatic carbocycles. The van der Waals surface area contributed by atoms with E-state index in [9.17, 15) is 9.90 Å². The van der Waals surface area contributed by atoms with Gasteiger partial charge < -0.3 is 15.3 Å². The number of nitrogens with one attached hydrogen (secondary N) is 1. The number of nitrogens with zero attached hydrogens (tertiary/aromatic N) is 2. The molecular weight excluding hydrogens is 350 g/mol. The first kappa shape index (κ1) is 18.5. The smallest absolute Gasteiger partial charge is 0.254 e. The van der Waals surface area contributed by atoms with Crippen LogP contribution in [0.3, 0.4) is 0 Å². The van der Waals surface area contributed by atoms with E-state index in [-0.39, 0.29) is 24.1 Å². The second-order valence-electron chi connectivity index (χ2n) is 6.75. The van der Waals surface area contributed by atoms with Gasteiger partial charge in [0, 0.05) is 50.5 Å². The number of halogens is 1. The highest BCUT2D eigenvalue weighted by Gasteiger charge is 2.23. The molecule has 0 aromatic heterocycles. The van der Waals surface area contributed by atoms with E-state index >= 15 is 0 Å². The number of hydrogen-bond acceptors (Lipinski definition) is 4. The van der Waals surface area contributed by atoms with Crippen molar-refractivity contribution in [3.8, 4) is 5.75 Å². The summed E-state index contributed by atoms with van der Waals surface area (Å²) in [5.74, 6) is 0.132. The van der Waals surface area contributed by atoms with Gasteiger partial charge in [-0.2, -0.15) is 0 Å². The summed E-state index contributed by atoms with van der Waals surface area (Å²) in [5, 5.41) is 13.1. The summed E-state index contributed by atoms with van der Waals surface area (Å²) in [7, 11) is 0. The quantitative estimate of drug-likeness (QED) is 0.868. The van der Waals surface area contributed by atoms with Crippen LogP contribution in [0.4, 0.5) is 5.69 Å². The lowest BCUT2D eigenvalue weighted by Gasteiger charge is -2.35. The average Bonchev–Trinajstić information content (AvgIpc) is 3.12. The van der Waals surface area contributed by atoms with Gasteiger partial charge in [0.2, 0.25) is 0 Å². The number of hydrogen-bond donors (Lipinski definition) is 2. The molecule has 0 bridgehead atoms. The zero-order valence-corrected chi connectivity index (χ0v) is 15.5. The monoisotopic (exact) mass is 373 g/mol. The van der Waals surface area contributed by atoms with Crippen molar-refractivity contribution < 1.29 is 9.90 Å². The largest absolute Gasteiger partial charge is 0.508 e. The van der Waals surface area contributed by atoms with E-state index < -0.39 is 0 Å². The van der Waals surface area contributed by atoms with Crippen LogP contribution in [-0.4, -0.2) is 53.5 Å². The van der Waals surface area contributed by atoms with E-state index in [0.717, 1.165) is 45.7 Å². The molecule has 138 valence electrons. The fourth-order valence-electron chi connectivity index (χ4n) is 3.71. The van der Waals surface area contributed by atoms with Gasteiger partial charge in [0.25, 0.3) is 5.91 Å². The van der Waals surface area contributed by atoms with Crippen molar-refractivity contribution in [3.63, 3.8) is 0 Å². The summed E-state index contributed by atoms with van der Waals surface area (Å²) in [6.07, 6.45) is 1.11. The van der Waals surface area contributed by atoms with Crippen molar-refractivity contribution in [2.24, 2.45) is 0 Å². The van der Waals surface area contributed by atoms with Gasteiger partial charge in [-0.3, -0.25) is 9.69 Å². The molecule has 2 N–H and O–H groups in total. The van der Waals surface area contributed by atoms with Crippen LogP contribution in [-0.2, 0) is 13.0 Å². The van der Waals surface area contributed by atoms with E-state index in [4.69, 9.17) is 0 Å². The zero-order chi connectivity index (χ0) is 17.2. The third-order valence-electron chi connectivity index (χ3n) is 5.08. The molecule has 2 aromatic carbocycles. The highest BCUT2D eigenvalue weighted by Crippen LogP contribution is 2.27. The summed E-state index contributed by atoms with van der Waals surface area (Å²) in [6.45, 7) is 5.12. The van der Waals surface area contributed by atoms with Gasteiger partial charge in [-0.15, -0.1) is 12.4 Å². The minimum atomic E-state index is -0.00202. The van der Waals surface area contributed by atoms with E-state index in [1.54, 1.807) is 18.2 Å². The Morgan fingerprint density at radius 1 is 1.08 bits per heavy atom. The molecule has 26 heavy (non-hydrogen) atoms. The number of rotatable bonds is 3. The van der Waals surface area contributed by atoms with Gasteiger partial charge >= 0.3 is 0 Å². The summed E-state index contributed by atoms with van der Waals surface area (Å²) < 4.78 is 0. The fraction of sp³-hybridized carbons (Fsp3) is 0.350. The minimum absolute atomic E-state index is 0. The predicted octanol–water partition coefficient (Wildman–Crippen LogP) is 2.74. The lowest BCUT2D eigenvalue weighted by molar-refractivity contribution is 0.0628. The van der Waals surface area contributed by atoms with Gasteiger partial charge in [-0.05, 0) is 35.7 Å². The molecule has 0 atom stereocenters. The Kier molecular flexibility index (Phi) is 5.69. The topological polar surface area (TPSA) is 55.8 Å². The third kappa shape index (κ3) is 3.79. The van der Waals surface area contributed by atoms with Crippen LogP contribution in [0.15, 0.2) is 42.5 Å². The Morgan fingerprint density at radius 3 is 2.62 bits per heavy atom. The first-order chi connectivity index (χ1) is 12.2. The van der Waals surface area contributed by atoms with Crippen LogP contribution in [0.1, 0.15) is 21.5 Å². The summed E-state index contributed by atoms with van der Waals surface area (Å²) in [6, 6.07) is 13.1. The number of benzene rings is 2. The van der Waals surface area contributed by atoms with E-state index in [1.807, 2.05) is 4.90 Å². The number of aromatic hydroxyl groups is 1. The molecule has 4 rings (SSSR count). The maximum absolute atomic E-state index is 12.6. The Balaban J connectivity index is 0.00000196. The highest BCUT2D eigenvalue weighted by molar-refractivity contribution is 5.94. The second kappa shape index (κ2) is 7.98. The first-order valence-electron chi connectivity index (χ1n) is 8.86. The SMILES string of the molecule is Cl.O=C(c1cccc(O)c1)N1CCN(Cc2cccc3c2NCC3)CC1. The van der Waals surface area contributed by atoms with Gasteiger partial charge in [-0.1, -0.05) is 24.3 Å². The molecule has 0 radical (unpaired) electrons. The maximum Gasteiger partial charge on any atom is 0.254 e. The average molecular weight is 374 g/mol. The number of anilines is 1. The van der Waals surface area contributed by atoms with Crippen molar-refractivity contribution in [3.05, 3.63) is 59.2 Å². The fourth-order valence-corrected chi connectivity index (χ4v) is 3.71. The number of amides is 1. The molecule has 2 aliphatic rings. The molecule has 1 saturated heterocycles. The van der Waals surface area contributed by atoms with Gasteiger partial charge in [-0.25, -0.2) is 0 Å². The molecule has 6 heteroatoms. The number of para-hydroxylation sites is 1. The summed E-state index contributed by atoms with van der Waals surface area (Å²) in [4.78, 5) is 16.8. The van der Waals surface area contributed by atoms with E-state index in [0.29, 0.717) is 5.56 Å². The van der Waals surface area contributed by atoms with Crippen LogP contribution in [0.5, 0.6) is 5.75 Å². The van der Waals surface area contributed by atoms with Crippen molar-refractivity contribution in [2.75, 3.05) is 38.0 Å². The van der Waals surface area contributed by atoms with Crippen molar-refractivity contribution in [2.45, 2.75) is 13.0 Å². The summed E-state index contributed by atoms with van der Waals surface area (Å²) in [5.41, 5.74) is 4.62. The van der Waals surface area contributed by atoms with Crippen molar-refractivity contribution in [1.29, 1.82) is 0 Å². The Labute approximate surface area is 160 Å².